The molecule has 0 spiro atoms. The molecule has 143 valence electrons. The minimum atomic E-state index is 1.22. The smallest absolute Gasteiger partial charge is 0.0316 e. The van der Waals surface area contributed by atoms with Crippen LogP contribution >= 0.6 is 0 Å². The molecule has 0 aromatic heterocycles. The number of hydrogen-bond donors (Lipinski definition) is 0. The van der Waals surface area contributed by atoms with Gasteiger partial charge in [0, 0.05) is 0 Å². The Kier molecular flexibility index (Phi) is 22.5. The normalized spacial score (nSPS) is 11.6. The van der Waals surface area contributed by atoms with E-state index in [0.29, 0.717) is 0 Å². The van der Waals surface area contributed by atoms with Crippen molar-refractivity contribution in [3.63, 3.8) is 0 Å². The van der Waals surface area contributed by atoms with E-state index in [9.17, 15) is 0 Å². The van der Waals surface area contributed by atoms with Crippen molar-refractivity contribution in [1.29, 1.82) is 0 Å². The third-order valence-electron chi connectivity index (χ3n) is 5.14. The summed E-state index contributed by atoms with van der Waals surface area (Å²) in [6, 6.07) is 0. The topological polar surface area (TPSA) is 0 Å². The molecule has 0 saturated heterocycles. The van der Waals surface area contributed by atoms with Gasteiger partial charge in [-0.2, -0.15) is 0 Å². The second-order valence-corrected chi connectivity index (χ2v) is 7.62. The third-order valence-corrected chi connectivity index (χ3v) is 5.14. The molecule has 0 heteroatoms. The van der Waals surface area contributed by atoms with Crippen molar-refractivity contribution < 1.29 is 0 Å². The van der Waals surface area contributed by atoms with E-state index < -0.39 is 0 Å². The molecule has 0 aromatic rings. The minimum Gasteiger partial charge on any atom is -0.0885 e. The van der Waals surface area contributed by atoms with E-state index in [4.69, 9.17) is 0 Å². The van der Waals surface area contributed by atoms with E-state index in [-0.39, 0.29) is 0 Å². The molecule has 0 unspecified atom stereocenters. The lowest BCUT2D eigenvalue weighted by Gasteiger charge is -2.03. The zero-order valence-electron chi connectivity index (χ0n) is 17.0. The molecule has 0 rings (SSSR count). The Balaban J connectivity index is 2.95. The first-order chi connectivity index (χ1) is 11.9. The maximum atomic E-state index is 3.72. The van der Waals surface area contributed by atoms with E-state index in [1.165, 1.54) is 128 Å². The highest BCUT2D eigenvalue weighted by Gasteiger charge is 1.95. The minimum absolute atomic E-state index is 1.22. The highest BCUT2D eigenvalue weighted by Crippen LogP contribution is 2.14. The van der Waals surface area contributed by atoms with Crippen molar-refractivity contribution >= 4 is 0 Å². The molecule has 1 radical (unpaired) electrons. The summed E-state index contributed by atoms with van der Waals surface area (Å²) < 4.78 is 0. The van der Waals surface area contributed by atoms with Gasteiger partial charge in [0.05, 0.1) is 0 Å². The number of unbranched alkanes of at least 4 members (excludes halogenated alkanes) is 19. The van der Waals surface area contributed by atoms with Crippen LogP contribution in [0.5, 0.6) is 0 Å². The standard InChI is InChI=1S/C24H47/c1-3-5-7-9-11-13-15-17-19-21-23-24-22-20-18-16-14-12-10-8-6-4-2/h3,5H,1,4,6-24H2,2H3/b5-3+. The summed E-state index contributed by atoms with van der Waals surface area (Å²) in [6.45, 7) is 6.02. The molecule has 0 saturated carbocycles. The molecule has 0 bridgehead atoms. The van der Waals surface area contributed by atoms with Gasteiger partial charge in [-0.05, 0) is 19.8 Å². The fraction of sp³-hybridized carbons (Fsp3) is 0.875. The first kappa shape index (κ1) is 23.7. The van der Waals surface area contributed by atoms with Gasteiger partial charge in [0.1, 0.15) is 0 Å². The molecule has 0 aromatic carbocycles. The largest absolute Gasteiger partial charge is 0.0885 e. The van der Waals surface area contributed by atoms with Gasteiger partial charge in [0.2, 0.25) is 0 Å². The molecule has 0 nitrogen and oxygen atoms in total. The molecule has 0 amide bonds. The van der Waals surface area contributed by atoms with Crippen LogP contribution in [0, 0.1) is 6.92 Å². The van der Waals surface area contributed by atoms with Crippen LogP contribution in [0.2, 0.25) is 0 Å². The molecule has 0 aliphatic heterocycles. The van der Waals surface area contributed by atoms with Crippen molar-refractivity contribution in [3.05, 3.63) is 19.1 Å². The highest BCUT2D eigenvalue weighted by atomic mass is 14.0. The van der Waals surface area contributed by atoms with Crippen LogP contribution in [0.3, 0.4) is 0 Å². The molecule has 0 fully saturated rings. The first-order valence-corrected chi connectivity index (χ1v) is 11.4. The van der Waals surface area contributed by atoms with E-state index in [0.717, 1.165) is 0 Å². The second kappa shape index (κ2) is 22.7. The molecule has 0 heterocycles. The van der Waals surface area contributed by atoms with E-state index >= 15 is 0 Å². The number of allylic oxidation sites excluding steroid dienone is 2. The van der Waals surface area contributed by atoms with Gasteiger partial charge >= 0.3 is 0 Å². The Morgan fingerprint density at radius 1 is 0.458 bits per heavy atom. The van der Waals surface area contributed by atoms with Gasteiger partial charge in [0.15, 0.2) is 0 Å². The predicted octanol–water partition coefficient (Wildman–Crippen LogP) is 9.20. The molecule has 0 aliphatic carbocycles. The summed E-state index contributed by atoms with van der Waals surface area (Å²) in [5.74, 6) is 0. The van der Waals surface area contributed by atoms with Crippen LogP contribution in [-0.2, 0) is 0 Å². The summed E-state index contributed by atoms with van der Waals surface area (Å²) in [5, 5.41) is 0. The zero-order chi connectivity index (χ0) is 17.6. The van der Waals surface area contributed by atoms with Crippen molar-refractivity contribution in [3.8, 4) is 0 Å². The number of hydrogen-bond acceptors (Lipinski definition) is 0. The quantitative estimate of drug-likeness (QED) is 0.194. The van der Waals surface area contributed by atoms with Crippen LogP contribution < -0.4 is 0 Å². The average molecular weight is 336 g/mol. The maximum Gasteiger partial charge on any atom is -0.0316 e. The lowest BCUT2D eigenvalue weighted by Crippen LogP contribution is -1.84. The highest BCUT2D eigenvalue weighted by molar-refractivity contribution is 4.83. The van der Waals surface area contributed by atoms with E-state index in [1.54, 1.807) is 0 Å². The maximum absolute atomic E-state index is 3.72. The third kappa shape index (κ3) is 21.7. The summed E-state index contributed by atoms with van der Waals surface area (Å²) in [4.78, 5) is 0. The van der Waals surface area contributed by atoms with Crippen LogP contribution in [0.4, 0.5) is 0 Å². The van der Waals surface area contributed by atoms with Gasteiger partial charge in [-0.25, -0.2) is 0 Å². The van der Waals surface area contributed by atoms with Gasteiger partial charge in [-0.3, -0.25) is 0 Å². The van der Waals surface area contributed by atoms with Crippen LogP contribution in [0.15, 0.2) is 12.2 Å². The lowest BCUT2D eigenvalue weighted by atomic mass is 10.0. The Morgan fingerprint density at radius 3 is 1.04 bits per heavy atom. The molecule has 0 atom stereocenters. The molecule has 24 heavy (non-hydrogen) atoms. The van der Waals surface area contributed by atoms with Crippen molar-refractivity contribution in [2.75, 3.05) is 0 Å². The van der Waals surface area contributed by atoms with Crippen molar-refractivity contribution in [2.45, 2.75) is 135 Å². The van der Waals surface area contributed by atoms with E-state index in [1.807, 2.05) is 6.08 Å². The Labute approximate surface area is 154 Å². The van der Waals surface area contributed by atoms with Crippen molar-refractivity contribution in [1.82, 2.24) is 0 Å². The monoisotopic (exact) mass is 335 g/mol. The average Bonchev–Trinajstić information content (AvgIpc) is 2.60. The molecule has 0 aliphatic rings. The van der Waals surface area contributed by atoms with E-state index in [2.05, 4.69) is 19.9 Å². The van der Waals surface area contributed by atoms with Gasteiger partial charge < -0.3 is 0 Å². The SMILES string of the molecule is [CH2]/C=C/CCCCCCCCCCCCCCCCCCCCC. The van der Waals surface area contributed by atoms with Crippen molar-refractivity contribution in [2.24, 2.45) is 0 Å². The fourth-order valence-electron chi connectivity index (χ4n) is 3.46. The lowest BCUT2D eigenvalue weighted by molar-refractivity contribution is 0.523. The van der Waals surface area contributed by atoms with Gasteiger partial charge in [-0.1, -0.05) is 135 Å². The Hall–Kier alpha value is -0.260. The second-order valence-electron chi connectivity index (χ2n) is 7.62. The molecular formula is C24H47. The van der Waals surface area contributed by atoms with Crippen LogP contribution in [0.25, 0.3) is 0 Å². The summed E-state index contributed by atoms with van der Waals surface area (Å²) >= 11 is 0. The summed E-state index contributed by atoms with van der Waals surface area (Å²) in [6.07, 6.45) is 33.0. The first-order valence-electron chi connectivity index (χ1n) is 11.4. The molecule has 0 N–H and O–H groups in total. The van der Waals surface area contributed by atoms with Gasteiger partial charge in [0.25, 0.3) is 0 Å². The Morgan fingerprint density at radius 2 is 0.750 bits per heavy atom. The van der Waals surface area contributed by atoms with Crippen LogP contribution in [0.1, 0.15) is 135 Å². The zero-order valence-corrected chi connectivity index (χ0v) is 17.0. The summed E-state index contributed by atoms with van der Waals surface area (Å²) in [5.41, 5.74) is 0. The van der Waals surface area contributed by atoms with Crippen LogP contribution in [-0.4, -0.2) is 0 Å². The predicted molar refractivity (Wildman–Crippen MR) is 113 cm³/mol. The summed E-state index contributed by atoms with van der Waals surface area (Å²) in [7, 11) is 0. The fourth-order valence-corrected chi connectivity index (χ4v) is 3.46. The molecular weight excluding hydrogens is 288 g/mol. The Bertz CT molecular complexity index is 228. The van der Waals surface area contributed by atoms with Gasteiger partial charge in [-0.15, -0.1) is 0 Å². The number of rotatable bonds is 20.